The lowest BCUT2D eigenvalue weighted by Crippen LogP contribution is -2.22. The number of hydrogen-bond acceptors (Lipinski definition) is 6. The maximum atomic E-state index is 11.6. The molecular weight excluding hydrogens is 264 g/mol. The number of aliphatic hydroxyl groups excluding tert-OH is 1. The normalized spacial score (nSPS) is 9.95. The summed E-state index contributed by atoms with van der Waals surface area (Å²) < 4.78 is 10.2. The van der Waals surface area contributed by atoms with Gasteiger partial charge in [-0.15, -0.1) is 0 Å². The molecule has 0 heterocycles. The fourth-order valence-corrected chi connectivity index (χ4v) is 1.44. The maximum absolute atomic E-state index is 11.6. The quantitative estimate of drug-likeness (QED) is 0.613. The van der Waals surface area contributed by atoms with Gasteiger partial charge in [0.05, 0.1) is 31.0 Å². The van der Waals surface area contributed by atoms with E-state index < -0.39 is 5.97 Å². The van der Waals surface area contributed by atoms with Crippen molar-refractivity contribution in [3.8, 4) is 5.75 Å². The highest BCUT2D eigenvalue weighted by molar-refractivity contribution is 5.95. The van der Waals surface area contributed by atoms with Crippen molar-refractivity contribution in [1.29, 1.82) is 0 Å². The van der Waals surface area contributed by atoms with Crippen LogP contribution >= 0.6 is 0 Å². The van der Waals surface area contributed by atoms with Gasteiger partial charge in [-0.25, -0.2) is 4.79 Å². The zero-order valence-electron chi connectivity index (χ0n) is 11.2. The van der Waals surface area contributed by atoms with Gasteiger partial charge in [-0.2, -0.15) is 0 Å². The Morgan fingerprint density at radius 3 is 2.75 bits per heavy atom. The molecule has 0 aromatic heterocycles. The van der Waals surface area contributed by atoms with Crippen LogP contribution in [0.4, 0.5) is 5.69 Å². The van der Waals surface area contributed by atoms with E-state index in [4.69, 9.17) is 20.3 Å². The molecule has 0 spiro atoms. The molecule has 0 bridgehead atoms. The third-order valence-electron chi connectivity index (χ3n) is 2.30. The van der Waals surface area contributed by atoms with Gasteiger partial charge in [0.1, 0.15) is 12.4 Å². The molecule has 20 heavy (non-hydrogen) atoms. The number of carbonyl (C=O) groups excluding carboxylic acids is 2. The minimum Gasteiger partial charge on any atom is -0.489 e. The summed E-state index contributed by atoms with van der Waals surface area (Å²) in [6.07, 6.45) is 0. The Balaban J connectivity index is 2.99. The van der Waals surface area contributed by atoms with Crippen molar-refractivity contribution in [2.75, 3.05) is 31.7 Å². The van der Waals surface area contributed by atoms with Gasteiger partial charge >= 0.3 is 5.97 Å². The van der Waals surface area contributed by atoms with Gasteiger partial charge < -0.3 is 25.6 Å². The Morgan fingerprint density at radius 2 is 2.15 bits per heavy atom. The molecular formula is C13H18N2O5. The number of aliphatic hydroxyl groups is 1. The van der Waals surface area contributed by atoms with Crippen molar-refractivity contribution < 1.29 is 24.2 Å². The predicted octanol–water partition coefficient (Wildman–Crippen LogP) is 0.132. The smallest absolute Gasteiger partial charge is 0.338 e. The number of nitrogens with two attached hydrogens (primary N) is 1. The second-order valence-electron chi connectivity index (χ2n) is 3.76. The van der Waals surface area contributed by atoms with E-state index in [1.54, 1.807) is 6.92 Å². The van der Waals surface area contributed by atoms with Gasteiger partial charge in [-0.05, 0) is 25.1 Å². The summed E-state index contributed by atoms with van der Waals surface area (Å²) >= 11 is 0. The predicted molar refractivity (Wildman–Crippen MR) is 72.7 cm³/mol. The van der Waals surface area contributed by atoms with Gasteiger partial charge in [0.2, 0.25) is 5.91 Å². The number of carbonyl (C=O) groups is 2. The summed E-state index contributed by atoms with van der Waals surface area (Å²) in [4.78, 5) is 22.9. The molecule has 4 N–H and O–H groups in total. The second kappa shape index (κ2) is 8.13. The first-order valence-corrected chi connectivity index (χ1v) is 6.17. The topological polar surface area (TPSA) is 111 Å². The van der Waals surface area contributed by atoms with Crippen LogP contribution in [0.5, 0.6) is 5.75 Å². The summed E-state index contributed by atoms with van der Waals surface area (Å²) in [5, 5.41) is 11.3. The minimum atomic E-state index is -0.488. The molecule has 7 nitrogen and oxygen atoms in total. The molecule has 1 aromatic rings. The van der Waals surface area contributed by atoms with Crippen molar-refractivity contribution in [3.05, 3.63) is 23.8 Å². The maximum Gasteiger partial charge on any atom is 0.338 e. The molecule has 0 unspecified atom stereocenters. The van der Waals surface area contributed by atoms with Crippen LogP contribution in [0, 0.1) is 0 Å². The van der Waals surface area contributed by atoms with Crippen LogP contribution in [0.25, 0.3) is 0 Å². The molecule has 0 saturated heterocycles. The Morgan fingerprint density at radius 1 is 1.40 bits per heavy atom. The van der Waals surface area contributed by atoms with E-state index in [0.717, 1.165) is 0 Å². The number of esters is 1. The van der Waals surface area contributed by atoms with E-state index in [0.29, 0.717) is 11.3 Å². The first-order valence-electron chi connectivity index (χ1n) is 6.17. The average Bonchev–Trinajstić information content (AvgIpc) is 2.46. The largest absolute Gasteiger partial charge is 0.489 e. The van der Waals surface area contributed by atoms with Gasteiger partial charge in [-0.1, -0.05) is 0 Å². The fourth-order valence-electron chi connectivity index (χ4n) is 1.44. The molecule has 0 aliphatic rings. The molecule has 1 aromatic carbocycles. The highest BCUT2D eigenvalue weighted by Crippen LogP contribution is 2.26. The summed E-state index contributed by atoms with van der Waals surface area (Å²) in [5.41, 5.74) is 5.89. The van der Waals surface area contributed by atoms with E-state index in [2.05, 4.69) is 5.32 Å². The zero-order valence-corrected chi connectivity index (χ0v) is 11.2. The molecule has 1 amide bonds. The highest BCUT2D eigenvalue weighted by Gasteiger charge is 2.13. The molecule has 110 valence electrons. The SMILES string of the molecule is CCOC(=O)c1ccc(NC(=O)CN)c(OCCO)c1. The van der Waals surface area contributed by atoms with Crippen molar-refractivity contribution in [2.24, 2.45) is 5.73 Å². The summed E-state index contributed by atoms with van der Waals surface area (Å²) in [6.45, 7) is 1.65. The summed E-state index contributed by atoms with van der Waals surface area (Å²) in [5.74, 6) is -0.604. The van der Waals surface area contributed by atoms with Crippen molar-refractivity contribution in [1.82, 2.24) is 0 Å². The van der Waals surface area contributed by atoms with E-state index in [-0.39, 0.29) is 38.0 Å². The number of rotatable bonds is 7. The fraction of sp³-hybridized carbons (Fsp3) is 0.385. The standard InChI is InChI=1S/C13H18N2O5/c1-2-19-13(18)9-3-4-10(15-12(17)8-14)11(7-9)20-6-5-16/h3-4,7,16H,2,5-6,8,14H2,1H3,(H,15,17). The highest BCUT2D eigenvalue weighted by atomic mass is 16.5. The van der Waals surface area contributed by atoms with Gasteiger partial charge in [0.15, 0.2) is 0 Å². The monoisotopic (exact) mass is 282 g/mol. The number of ether oxygens (including phenoxy) is 2. The summed E-state index contributed by atoms with van der Waals surface area (Å²) in [6, 6.07) is 4.47. The van der Waals surface area contributed by atoms with E-state index in [1.165, 1.54) is 18.2 Å². The molecule has 1 rings (SSSR count). The number of benzene rings is 1. The Hall–Kier alpha value is -2.12. The van der Waals surface area contributed by atoms with Crippen molar-refractivity contribution >= 4 is 17.6 Å². The summed E-state index contributed by atoms with van der Waals surface area (Å²) in [7, 11) is 0. The van der Waals surface area contributed by atoms with Crippen LogP contribution in [0.2, 0.25) is 0 Å². The van der Waals surface area contributed by atoms with Gasteiger partial charge in [0.25, 0.3) is 0 Å². The Kier molecular flexibility index (Phi) is 6.48. The van der Waals surface area contributed by atoms with E-state index in [9.17, 15) is 9.59 Å². The zero-order chi connectivity index (χ0) is 15.0. The molecule has 0 saturated carbocycles. The van der Waals surface area contributed by atoms with Crippen molar-refractivity contribution in [2.45, 2.75) is 6.92 Å². The first-order chi connectivity index (χ1) is 9.62. The van der Waals surface area contributed by atoms with E-state index in [1.807, 2.05) is 0 Å². The lowest BCUT2D eigenvalue weighted by Gasteiger charge is -2.13. The minimum absolute atomic E-state index is 0.0395. The third-order valence-corrected chi connectivity index (χ3v) is 2.30. The first kappa shape index (κ1) is 15.9. The lowest BCUT2D eigenvalue weighted by atomic mass is 10.2. The average molecular weight is 282 g/mol. The number of anilines is 1. The number of hydrogen-bond donors (Lipinski definition) is 3. The van der Waals surface area contributed by atoms with Crippen LogP contribution < -0.4 is 15.8 Å². The lowest BCUT2D eigenvalue weighted by molar-refractivity contribution is -0.114. The number of nitrogens with one attached hydrogen (secondary N) is 1. The van der Waals surface area contributed by atoms with Crippen LogP contribution in [0.1, 0.15) is 17.3 Å². The van der Waals surface area contributed by atoms with Crippen LogP contribution in [0.3, 0.4) is 0 Å². The molecule has 0 radical (unpaired) electrons. The van der Waals surface area contributed by atoms with Crippen LogP contribution in [0.15, 0.2) is 18.2 Å². The molecule has 0 atom stereocenters. The van der Waals surface area contributed by atoms with Gasteiger partial charge in [0, 0.05) is 0 Å². The van der Waals surface area contributed by atoms with E-state index >= 15 is 0 Å². The Labute approximate surface area is 116 Å². The van der Waals surface area contributed by atoms with Crippen LogP contribution in [-0.2, 0) is 9.53 Å². The molecule has 0 aliphatic heterocycles. The third kappa shape index (κ3) is 4.52. The second-order valence-corrected chi connectivity index (χ2v) is 3.76. The number of amides is 1. The molecule has 0 aliphatic carbocycles. The Bertz CT molecular complexity index is 476. The van der Waals surface area contributed by atoms with Crippen LogP contribution in [-0.4, -0.2) is 43.3 Å². The van der Waals surface area contributed by atoms with Crippen molar-refractivity contribution in [3.63, 3.8) is 0 Å². The molecule has 0 fully saturated rings. The molecule has 7 heteroatoms. The van der Waals surface area contributed by atoms with Gasteiger partial charge in [-0.3, -0.25) is 4.79 Å².